The summed E-state index contributed by atoms with van der Waals surface area (Å²) >= 11 is 0. The summed E-state index contributed by atoms with van der Waals surface area (Å²) in [6.07, 6.45) is 0. The first-order chi connectivity index (χ1) is 12.2. The van der Waals surface area contributed by atoms with Gasteiger partial charge in [-0.25, -0.2) is 0 Å². The highest BCUT2D eigenvalue weighted by Gasteiger charge is 2.26. The normalized spacial score (nSPS) is 16.3. The number of amides is 1. The molecule has 5 nitrogen and oxygen atoms in total. The smallest absolute Gasteiger partial charge is 0.241 e. The van der Waals surface area contributed by atoms with Gasteiger partial charge in [0.05, 0.1) is 18.8 Å². The van der Waals surface area contributed by atoms with Crippen molar-refractivity contribution in [3.8, 4) is 5.75 Å². The number of hydrogen-bond acceptors (Lipinski definition) is 4. The molecule has 1 aliphatic rings. The lowest BCUT2D eigenvalue weighted by atomic mass is 10.2. The largest absolute Gasteiger partial charge is 0.495 e. The Morgan fingerprint density at radius 1 is 1.00 bits per heavy atom. The van der Waals surface area contributed by atoms with Gasteiger partial charge < -0.3 is 15.0 Å². The van der Waals surface area contributed by atoms with Crippen LogP contribution in [0.15, 0.2) is 54.6 Å². The second-order valence-electron chi connectivity index (χ2n) is 6.23. The first-order valence-electron chi connectivity index (χ1n) is 8.67. The second-order valence-corrected chi connectivity index (χ2v) is 6.23. The third-order valence-corrected chi connectivity index (χ3v) is 4.71. The van der Waals surface area contributed by atoms with E-state index in [0.717, 1.165) is 43.3 Å². The summed E-state index contributed by atoms with van der Waals surface area (Å²) in [6.45, 7) is 5.42. The van der Waals surface area contributed by atoms with Gasteiger partial charge >= 0.3 is 0 Å². The van der Waals surface area contributed by atoms with Crippen LogP contribution >= 0.6 is 0 Å². The molecule has 1 saturated heterocycles. The third kappa shape index (κ3) is 4.12. The van der Waals surface area contributed by atoms with Crippen molar-refractivity contribution in [3.05, 3.63) is 54.6 Å². The van der Waals surface area contributed by atoms with Gasteiger partial charge in [-0.05, 0) is 31.2 Å². The summed E-state index contributed by atoms with van der Waals surface area (Å²) in [5.41, 5.74) is 1.96. The number of methoxy groups -OCH3 is 1. The minimum Gasteiger partial charge on any atom is -0.495 e. The Labute approximate surface area is 149 Å². The molecule has 25 heavy (non-hydrogen) atoms. The maximum atomic E-state index is 12.5. The van der Waals surface area contributed by atoms with E-state index in [0.29, 0.717) is 0 Å². The molecule has 1 aliphatic heterocycles. The zero-order valence-electron chi connectivity index (χ0n) is 14.8. The molecule has 2 aromatic rings. The SMILES string of the molecule is COc1ccccc1N1CCN([C@H](C)C(=O)Nc2ccccc2)CC1. The highest BCUT2D eigenvalue weighted by atomic mass is 16.5. The fourth-order valence-corrected chi connectivity index (χ4v) is 3.18. The van der Waals surface area contributed by atoms with Gasteiger partial charge in [-0.2, -0.15) is 0 Å². The van der Waals surface area contributed by atoms with E-state index in [1.54, 1.807) is 7.11 Å². The van der Waals surface area contributed by atoms with E-state index in [1.807, 2.05) is 55.5 Å². The molecule has 1 amide bonds. The number of ether oxygens (including phenoxy) is 1. The quantitative estimate of drug-likeness (QED) is 0.910. The molecule has 1 fully saturated rings. The number of anilines is 2. The molecule has 0 aliphatic carbocycles. The summed E-state index contributed by atoms with van der Waals surface area (Å²) < 4.78 is 5.46. The minimum absolute atomic E-state index is 0.0388. The predicted molar refractivity (Wildman–Crippen MR) is 101 cm³/mol. The van der Waals surface area contributed by atoms with Crippen LogP contribution in [0.5, 0.6) is 5.75 Å². The predicted octanol–water partition coefficient (Wildman–Crippen LogP) is 2.84. The second kappa shape index (κ2) is 8.03. The van der Waals surface area contributed by atoms with Crippen LogP contribution in [-0.4, -0.2) is 50.1 Å². The van der Waals surface area contributed by atoms with Gasteiger partial charge in [0, 0.05) is 31.9 Å². The third-order valence-electron chi connectivity index (χ3n) is 4.71. The first kappa shape index (κ1) is 17.3. The number of piperazine rings is 1. The molecular formula is C20H25N3O2. The van der Waals surface area contributed by atoms with Gasteiger partial charge in [0.1, 0.15) is 5.75 Å². The molecule has 0 saturated carbocycles. The molecule has 3 rings (SSSR count). The van der Waals surface area contributed by atoms with Crippen molar-refractivity contribution >= 4 is 17.3 Å². The summed E-state index contributed by atoms with van der Waals surface area (Å²) in [7, 11) is 1.70. The van der Waals surface area contributed by atoms with Crippen molar-refractivity contribution in [1.29, 1.82) is 0 Å². The summed E-state index contributed by atoms with van der Waals surface area (Å²) in [5.74, 6) is 0.933. The Balaban J connectivity index is 1.57. The average molecular weight is 339 g/mol. The molecule has 0 aromatic heterocycles. The molecule has 2 aromatic carbocycles. The Kier molecular flexibility index (Phi) is 5.56. The van der Waals surface area contributed by atoms with E-state index < -0.39 is 0 Å². The summed E-state index contributed by atoms with van der Waals surface area (Å²) in [5, 5.41) is 2.99. The zero-order chi connectivity index (χ0) is 17.6. The molecular weight excluding hydrogens is 314 g/mol. The van der Waals surface area contributed by atoms with Gasteiger partial charge in [0.25, 0.3) is 0 Å². The average Bonchev–Trinajstić information content (AvgIpc) is 2.68. The lowest BCUT2D eigenvalue weighted by Crippen LogP contribution is -2.52. The maximum Gasteiger partial charge on any atom is 0.241 e. The fraction of sp³-hybridized carbons (Fsp3) is 0.350. The maximum absolute atomic E-state index is 12.5. The van der Waals surface area contributed by atoms with Gasteiger partial charge in [-0.15, -0.1) is 0 Å². The van der Waals surface area contributed by atoms with E-state index in [1.165, 1.54) is 0 Å². The molecule has 0 bridgehead atoms. The number of carbonyl (C=O) groups is 1. The summed E-state index contributed by atoms with van der Waals surface area (Å²) in [4.78, 5) is 17.0. The standard InChI is InChI=1S/C20H25N3O2/c1-16(20(24)21-17-8-4-3-5-9-17)22-12-14-23(15-13-22)18-10-6-7-11-19(18)25-2/h3-11,16H,12-15H2,1-2H3,(H,21,24)/t16-/m1/s1. The number of hydrogen-bond donors (Lipinski definition) is 1. The molecule has 0 unspecified atom stereocenters. The van der Waals surface area contributed by atoms with Crippen LogP contribution in [0, 0.1) is 0 Å². The van der Waals surface area contributed by atoms with E-state index in [-0.39, 0.29) is 11.9 Å². The zero-order valence-corrected chi connectivity index (χ0v) is 14.8. The van der Waals surface area contributed by atoms with Gasteiger partial charge in [-0.1, -0.05) is 30.3 Å². The highest BCUT2D eigenvalue weighted by Crippen LogP contribution is 2.28. The number of para-hydroxylation sites is 3. The Morgan fingerprint density at radius 3 is 2.32 bits per heavy atom. The van der Waals surface area contributed by atoms with Crippen molar-refractivity contribution in [2.75, 3.05) is 43.5 Å². The lowest BCUT2D eigenvalue weighted by Gasteiger charge is -2.38. The number of nitrogens with zero attached hydrogens (tertiary/aromatic N) is 2. The molecule has 1 heterocycles. The molecule has 0 radical (unpaired) electrons. The molecule has 1 atom stereocenters. The lowest BCUT2D eigenvalue weighted by molar-refractivity contribution is -0.120. The number of benzene rings is 2. The molecule has 1 N–H and O–H groups in total. The van der Waals surface area contributed by atoms with Gasteiger partial charge in [0.15, 0.2) is 0 Å². The van der Waals surface area contributed by atoms with Crippen LogP contribution in [0.2, 0.25) is 0 Å². The molecule has 5 heteroatoms. The topological polar surface area (TPSA) is 44.8 Å². The van der Waals surface area contributed by atoms with Crippen molar-refractivity contribution < 1.29 is 9.53 Å². The van der Waals surface area contributed by atoms with E-state index in [9.17, 15) is 4.79 Å². The van der Waals surface area contributed by atoms with E-state index in [4.69, 9.17) is 4.74 Å². The Bertz CT molecular complexity index is 697. The van der Waals surface area contributed by atoms with Crippen LogP contribution in [0.3, 0.4) is 0 Å². The van der Waals surface area contributed by atoms with Crippen molar-refractivity contribution in [1.82, 2.24) is 4.90 Å². The number of nitrogens with one attached hydrogen (secondary N) is 1. The van der Waals surface area contributed by atoms with Crippen molar-refractivity contribution in [3.63, 3.8) is 0 Å². The Hall–Kier alpha value is -2.53. The van der Waals surface area contributed by atoms with Crippen LogP contribution in [0.1, 0.15) is 6.92 Å². The van der Waals surface area contributed by atoms with Crippen LogP contribution < -0.4 is 15.0 Å². The van der Waals surface area contributed by atoms with E-state index in [2.05, 4.69) is 21.2 Å². The van der Waals surface area contributed by atoms with Crippen LogP contribution in [0.25, 0.3) is 0 Å². The van der Waals surface area contributed by atoms with Gasteiger partial charge in [0.2, 0.25) is 5.91 Å². The molecule has 132 valence electrons. The van der Waals surface area contributed by atoms with Crippen molar-refractivity contribution in [2.45, 2.75) is 13.0 Å². The highest BCUT2D eigenvalue weighted by molar-refractivity contribution is 5.94. The number of rotatable bonds is 5. The van der Waals surface area contributed by atoms with Crippen LogP contribution in [-0.2, 0) is 4.79 Å². The molecule has 0 spiro atoms. The van der Waals surface area contributed by atoms with E-state index >= 15 is 0 Å². The van der Waals surface area contributed by atoms with Crippen LogP contribution in [0.4, 0.5) is 11.4 Å². The Morgan fingerprint density at radius 2 is 1.64 bits per heavy atom. The monoisotopic (exact) mass is 339 g/mol. The fourth-order valence-electron chi connectivity index (χ4n) is 3.18. The minimum atomic E-state index is -0.153. The first-order valence-corrected chi connectivity index (χ1v) is 8.67. The van der Waals surface area contributed by atoms with Gasteiger partial charge in [-0.3, -0.25) is 9.69 Å². The van der Waals surface area contributed by atoms with Crippen molar-refractivity contribution in [2.24, 2.45) is 0 Å². The number of carbonyl (C=O) groups excluding carboxylic acids is 1. The summed E-state index contributed by atoms with van der Waals surface area (Å²) in [6, 6.07) is 17.5.